The fraction of sp³-hybridized carbons (Fsp3) is 0.267. The summed E-state index contributed by atoms with van der Waals surface area (Å²) in [7, 11) is 0. The number of nitrogens with zero attached hydrogens (tertiary/aromatic N) is 1. The molecular formula is C15H16BrClN2. The summed E-state index contributed by atoms with van der Waals surface area (Å²) in [6, 6.07) is 10.4. The Kier molecular flexibility index (Phi) is 5.37. The SMILES string of the molecule is CCNC(Cc1cccnc1)c1ccc(Br)c(Cl)c1. The second-order valence-corrected chi connectivity index (χ2v) is 5.61. The molecule has 0 fully saturated rings. The first-order valence-electron chi connectivity index (χ1n) is 6.28. The van der Waals surface area contributed by atoms with Crippen molar-refractivity contribution in [1.82, 2.24) is 10.3 Å². The van der Waals surface area contributed by atoms with Crippen LogP contribution in [0.5, 0.6) is 0 Å². The third-order valence-corrected chi connectivity index (χ3v) is 4.19. The Balaban J connectivity index is 2.21. The first kappa shape index (κ1) is 14.5. The van der Waals surface area contributed by atoms with Gasteiger partial charge in [-0.3, -0.25) is 4.98 Å². The molecule has 1 N–H and O–H groups in total. The van der Waals surface area contributed by atoms with Gasteiger partial charge in [-0.05, 0) is 58.2 Å². The van der Waals surface area contributed by atoms with E-state index in [1.165, 1.54) is 11.1 Å². The second-order valence-electron chi connectivity index (χ2n) is 4.35. The summed E-state index contributed by atoms with van der Waals surface area (Å²) < 4.78 is 0.926. The number of likely N-dealkylation sites (N-methyl/N-ethyl adjacent to an activating group) is 1. The maximum Gasteiger partial charge on any atom is 0.0551 e. The molecule has 0 bridgehead atoms. The van der Waals surface area contributed by atoms with Gasteiger partial charge in [0.1, 0.15) is 0 Å². The number of benzene rings is 1. The number of nitrogens with one attached hydrogen (secondary N) is 1. The molecule has 1 aromatic heterocycles. The smallest absolute Gasteiger partial charge is 0.0551 e. The number of hydrogen-bond acceptors (Lipinski definition) is 2. The van der Waals surface area contributed by atoms with Gasteiger partial charge < -0.3 is 5.32 Å². The van der Waals surface area contributed by atoms with Crippen LogP contribution in [-0.4, -0.2) is 11.5 Å². The largest absolute Gasteiger partial charge is 0.310 e. The van der Waals surface area contributed by atoms with Crippen molar-refractivity contribution < 1.29 is 0 Å². The lowest BCUT2D eigenvalue weighted by atomic mass is 10.00. The molecule has 2 nitrogen and oxygen atoms in total. The quantitative estimate of drug-likeness (QED) is 0.874. The molecule has 2 rings (SSSR count). The van der Waals surface area contributed by atoms with Crippen LogP contribution >= 0.6 is 27.5 Å². The summed E-state index contributed by atoms with van der Waals surface area (Å²) in [6.45, 7) is 3.02. The number of halogens is 2. The monoisotopic (exact) mass is 338 g/mol. The maximum absolute atomic E-state index is 6.17. The van der Waals surface area contributed by atoms with Crippen LogP contribution in [-0.2, 0) is 6.42 Å². The van der Waals surface area contributed by atoms with Gasteiger partial charge in [0.15, 0.2) is 0 Å². The highest BCUT2D eigenvalue weighted by atomic mass is 79.9. The van der Waals surface area contributed by atoms with Gasteiger partial charge in [0.25, 0.3) is 0 Å². The van der Waals surface area contributed by atoms with E-state index in [0.717, 1.165) is 22.5 Å². The van der Waals surface area contributed by atoms with Crippen LogP contribution in [0.15, 0.2) is 47.2 Å². The predicted octanol–water partition coefficient (Wildman–Crippen LogP) is 4.39. The zero-order valence-electron chi connectivity index (χ0n) is 10.7. The van der Waals surface area contributed by atoms with Crippen molar-refractivity contribution in [2.45, 2.75) is 19.4 Å². The van der Waals surface area contributed by atoms with Crippen LogP contribution in [0.25, 0.3) is 0 Å². The highest BCUT2D eigenvalue weighted by Gasteiger charge is 2.12. The predicted molar refractivity (Wildman–Crippen MR) is 83.5 cm³/mol. The highest BCUT2D eigenvalue weighted by molar-refractivity contribution is 9.10. The van der Waals surface area contributed by atoms with Gasteiger partial charge in [0.2, 0.25) is 0 Å². The van der Waals surface area contributed by atoms with Gasteiger partial charge in [-0.25, -0.2) is 0 Å². The van der Waals surface area contributed by atoms with Crippen LogP contribution in [0.3, 0.4) is 0 Å². The lowest BCUT2D eigenvalue weighted by Crippen LogP contribution is -2.23. The molecule has 1 heterocycles. The van der Waals surface area contributed by atoms with E-state index in [4.69, 9.17) is 11.6 Å². The van der Waals surface area contributed by atoms with Crippen molar-refractivity contribution in [1.29, 1.82) is 0 Å². The van der Waals surface area contributed by atoms with Crippen molar-refractivity contribution in [2.75, 3.05) is 6.54 Å². The molecule has 4 heteroatoms. The summed E-state index contributed by atoms with van der Waals surface area (Å²) in [5, 5.41) is 4.23. The van der Waals surface area contributed by atoms with E-state index >= 15 is 0 Å². The summed E-state index contributed by atoms with van der Waals surface area (Å²) in [6.07, 6.45) is 4.60. The topological polar surface area (TPSA) is 24.9 Å². The Hall–Kier alpha value is -0.900. The number of aromatic nitrogens is 1. The van der Waals surface area contributed by atoms with E-state index < -0.39 is 0 Å². The van der Waals surface area contributed by atoms with Crippen molar-refractivity contribution in [2.24, 2.45) is 0 Å². The first-order valence-corrected chi connectivity index (χ1v) is 7.45. The van der Waals surface area contributed by atoms with Crippen LogP contribution in [0.2, 0.25) is 5.02 Å². The van der Waals surface area contributed by atoms with Crippen molar-refractivity contribution in [3.8, 4) is 0 Å². The Morgan fingerprint density at radius 3 is 2.84 bits per heavy atom. The normalized spacial score (nSPS) is 12.4. The van der Waals surface area contributed by atoms with Crippen molar-refractivity contribution in [3.05, 3.63) is 63.3 Å². The molecule has 19 heavy (non-hydrogen) atoms. The molecule has 0 saturated heterocycles. The molecule has 2 aromatic rings. The van der Waals surface area contributed by atoms with Crippen LogP contribution in [0.1, 0.15) is 24.1 Å². The van der Waals surface area contributed by atoms with Gasteiger partial charge in [0.05, 0.1) is 5.02 Å². The van der Waals surface area contributed by atoms with Gasteiger partial charge in [-0.1, -0.05) is 30.7 Å². The first-order chi connectivity index (χ1) is 9.20. The zero-order chi connectivity index (χ0) is 13.7. The maximum atomic E-state index is 6.17. The summed E-state index contributed by atoms with van der Waals surface area (Å²) in [5.41, 5.74) is 2.41. The van der Waals surface area contributed by atoms with E-state index in [0.29, 0.717) is 0 Å². The minimum atomic E-state index is 0.250. The third-order valence-electron chi connectivity index (χ3n) is 2.96. The highest BCUT2D eigenvalue weighted by Crippen LogP contribution is 2.27. The van der Waals surface area contributed by atoms with Gasteiger partial charge >= 0.3 is 0 Å². The van der Waals surface area contributed by atoms with Gasteiger partial charge in [-0.2, -0.15) is 0 Å². The third kappa shape index (κ3) is 4.03. The van der Waals surface area contributed by atoms with E-state index in [1.807, 2.05) is 24.4 Å². The van der Waals surface area contributed by atoms with E-state index in [2.05, 4.69) is 45.3 Å². The molecule has 0 aliphatic heterocycles. The Labute approximate surface area is 127 Å². The summed E-state index contributed by atoms with van der Waals surface area (Å²) in [5.74, 6) is 0. The Bertz CT molecular complexity index is 531. The van der Waals surface area contributed by atoms with E-state index in [-0.39, 0.29) is 6.04 Å². The fourth-order valence-corrected chi connectivity index (χ4v) is 2.47. The molecule has 1 atom stereocenters. The summed E-state index contributed by atoms with van der Waals surface area (Å²) in [4.78, 5) is 4.16. The molecule has 1 aromatic carbocycles. The van der Waals surface area contributed by atoms with Crippen LogP contribution in [0.4, 0.5) is 0 Å². The van der Waals surface area contributed by atoms with E-state index in [9.17, 15) is 0 Å². The van der Waals surface area contributed by atoms with Gasteiger partial charge in [-0.15, -0.1) is 0 Å². The molecule has 0 amide bonds. The standard InChI is InChI=1S/C15H16BrClN2/c1-2-19-15(8-11-4-3-7-18-10-11)12-5-6-13(16)14(17)9-12/h3-7,9-10,15,19H,2,8H2,1H3. The molecule has 1 unspecified atom stereocenters. The lowest BCUT2D eigenvalue weighted by Gasteiger charge is -2.19. The molecule has 0 saturated carbocycles. The zero-order valence-corrected chi connectivity index (χ0v) is 13.1. The molecule has 0 radical (unpaired) electrons. The average Bonchev–Trinajstić information content (AvgIpc) is 2.43. The minimum absolute atomic E-state index is 0.250. The molecule has 0 aliphatic rings. The fourth-order valence-electron chi connectivity index (χ4n) is 2.04. The molecular weight excluding hydrogens is 324 g/mol. The van der Waals surface area contributed by atoms with Crippen LogP contribution < -0.4 is 5.32 Å². The average molecular weight is 340 g/mol. The van der Waals surface area contributed by atoms with Crippen molar-refractivity contribution in [3.63, 3.8) is 0 Å². The number of hydrogen-bond donors (Lipinski definition) is 1. The van der Waals surface area contributed by atoms with Crippen molar-refractivity contribution >= 4 is 27.5 Å². The lowest BCUT2D eigenvalue weighted by molar-refractivity contribution is 0.549. The number of pyridine rings is 1. The van der Waals surface area contributed by atoms with Crippen LogP contribution in [0, 0.1) is 0 Å². The molecule has 0 aliphatic carbocycles. The van der Waals surface area contributed by atoms with Gasteiger partial charge in [0, 0.05) is 22.9 Å². The second kappa shape index (κ2) is 7.04. The molecule has 0 spiro atoms. The number of rotatable bonds is 5. The Morgan fingerprint density at radius 2 is 2.21 bits per heavy atom. The minimum Gasteiger partial charge on any atom is -0.310 e. The van der Waals surface area contributed by atoms with E-state index in [1.54, 1.807) is 6.20 Å². The molecule has 100 valence electrons. The summed E-state index contributed by atoms with van der Waals surface area (Å²) >= 11 is 9.60. The Morgan fingerprint density at radius 1 is 1.37 bits per heavy atom.